The van der Waals surface area contributed by atoms with Gasteiger partial charge >= 0.3 is 0 Å². The van der Waals surface area contributed by atoms with Crippen LogP contribution in [0.2, 0.25) is 0 Å². The summed E-state index contributed by atoms with van der Waals surface area (Å²) in [5.41, 5.74) is 0. The molecule has 0 unspecified atom stereocenters. The molecule has 1 aromatic carbocycles. The predicted octanol–water partition coefficient (Wildman–Crippen LogP) is 2.65. The monoisotopic (exact) mass is 345 g/mol. The smallest absolute Gasteiger partial charge is 0.277 e. The number of nitrogens with one attached hydrogen (secondary N) is 1. The van der Waals surface area contributed by atoms with Crippen LogP contribution >= 0.6 is 11.8 Å². The number of hydrogen-bond donors (Lipinski definition) is 1. The molecule has 2 heterocycles. The van der Waals surface area contributed by atoms with Crippen molar-refractivity contribution in [3.8, 4) is 5.75 Å². The number of thioether (sulfide) groups is 1. The van der Waals surface area contributed by atoms with E-state index in [1.165, 1.54) is 11.8 Å². The topological polar surface area (TPSA) is 90.4 Å². The summed E-state index contributed by atoms with van der Waals surface area (Å²) in [7, 11) is 0. The van der Waals surface area contributed by atoms with E-state index in [0.29, 0.717) is 23.4 Å². The van der Waals surface area contributed by atoms with Crippen LogP contribution in [0.4, 0.5) is 0 Å². The molecule has 0 radical (unpaired) electrons. The predicted molar refractivity (Wildman–Crippen MR) is 86.4 cm³/mol. The van der Waals surface area contributed by atoms with E-state index in [2.05, 4.69) is 15.5 Å². The van der Waals surface area contributed by atoms with Crippen LogP contribution in [0.15, 0.2) is 62.8 Å². The van der Waals surface area contributed by atoms with Gasteiger partial charge in [0.15, 0.2) is 6.61 Å². The third-order valence-electron chi connectivity index (χ3n) is 2.92. The summed E-state index contributed by atoms with van der Waals surface area (Å²) in [6, 6.07) is 12.9. The lowest BCUT2D eigenvalue weighted by Gasteiger charge is -2.02. The first-order chi connectivity index (χ1) is 11.8. The summed E-state index contributed by atoms with van der Waals surface area (Å²) in [6.45, 7) is 0.536. The third kappa shape index (κ3) is 4.88. The number of carbonyl (C=O) groups excluding carboxylic acids is 1. The number of rotatable bonds is 8. The molecule has 0 bridgehead atoms. The van der Waals surface area contributed by atoms with Crippen LogP contribution in [0, 0.1) is 0 Å². The number of carbonyl (C=O) groups is 1. The molecule has 0 aliphatic carbocycles. The van der Waals surface area contributed by atoms with Crippen molar-refractivity contribution >= 4 is 17.7 Å². The molecule has 8 heteroatoms. The molecule has 0 spiro atoms. The van der Waals surface area contributed by atoms with Crippen molar-refractivity contribution < 1.29 is 18.4 Å². The van der Waals surface area contributed by atoms with Crippen LogP contribution in [0.25, 0.3) is 0 Å². The molecule has 0 saturated heterocycles. The molecular weight excluding hydrogens is 330 g/mol. The Morgan fingerprint density at radius 1 is 1.17 bits per heavy atom. The summed E-state index contributed by atoms with van der Waals surface area (Å²) in [4.78, 5) is 11.7. The number of para-hydroxylation sites is 1. The molecule has 124 valence electrons. The van der Waals surface area contributed by atoms with Crippen molar-refractivity contribution in [3.63, 3.8) is 0 Å². The van der Waals surface area contributed by atoms with E-state index in [0.717, 1.165) is 5.75 Å². The molecule has 1 N–H and O–H groups in total. The third-order valence-corrected chi connectivity index (χ3v) is 3.74. The normalized spacial score (nSPS) is 10.5. The Balaban J connectivity index is 1.40. The second kappa shape index (κ2) is 8.21. The van der Waals surface area contributed by atoms with E-state index in [9.17, 15) is 4.79 Å². The van der Waals surface area contributed by atoms with Crippen molar-refractivity contribution in [2.45, 2.75) is 18.4 Å². The Bertz CT molecular complexity index is 759. The Kier molecular flexibility index (Phi) is 5.52. The molecule has 7 nitrogen and oxygen atoms in total. The van der Waals surface area contributed by atoms with Gasteiger partial charge in [-0.2, -0.15) is 0 Å². The fourth-order valence-corrected chi connectivity index (χ4v) is 2.40. The van der Waals surface area contributed by atoms with Gasteiger partial charge in [-0.15, -0.1) is 10.2 Å². The molecule has 0 fully saturated rings. The van der Waals surface area contributed by atoms with Gasteiger partial charge in [0.2, 0.25) is 5.91 Å². The summed E-state index contributed by atoms with van der Waals surface area (Å²) in [6.07, 6.45) is 1.56. The first-order valence-electron chi connectivity index (χ1n) is 7.22. The molecule has 3 rings (SSSR count). The number of benzene rings is 1. The van der Waals surface area contributed by atoms with Crippen molar-refractivity contribution in [1.29, 1.82) is 0 Å². The fraction of sp³-hybridized carbons (Fsp3) is 0.188. The molecule has 0 atom stereocenters. The lowest BCUT2D eigenvalue weighted by Crippen LogP contribution is -2.24. The highest BCUT2D eigenvalue weighted by atomic mass is 32.2. The number of ether oxygens (including phenoxy) is 1. The Morgan fingerprint density at radius 2 is 2.04 bits per heavy atom. The van der Waals surface area contributed by atoms with Crippen LogP contribution in [-0.4, -0.2) is 21.9 Å². The summed E-state index contributed by atoms with van der Waals surface area (Å²) >= 11 is 1.17. The van der Waals surface area contributed by atoms with Gasteiger partial charge in [0.1, 0.15) is 11.5 Å². The van der Waals surface area contributed by atoms with E-state index in [-0.39, 0.29) is 18.3 Å². The average molecular weight is 345 g/mol. The molecule has 3 aromatic rings. The van der Waals surface area contributed by atoms with Crippen molar-refractivity contribution in [2.24, 2.45) is 0 Å². The van der Waals surface area contributed by atoms with Gasteiger partial charge in [-0.1, -0.05) is 30.0 Å². The lowest BCUT2D eigenvalue weighted by molar-refractivity contribution is -0.118. The molecular formula is C16H15N3O4S. The SMILES string of the molecule is O=C(CSc1nnc(COc2ccccc2)o1)NCc1ccco1. The first-order valence-corrected chi connectivity index (χ1v) is 8.20. The number of amides is 1. The minimum Gasteiger partial charge on any atom is -0.484 e. The summed E-state index contributed by atoms with van der Waals surface area (Å²) < 4.78 is 16.1. The highest BCUT2D eigenvalue weighted by Crippen LogP contribution is 2.17. The highest BCUT2D eigenvalue weighted by Gasteiger charge is 2.10. The van der Waals surface area contributed by atoms with Crippen LogP contribution < -0.4 is 10.1 Å². The van der Waals surface area contributed by atoms with Crippen molar-refractivity contribution in [2.75, 3.05) is 5.75 Å². The van der Waals surface area contributed by atoms with E-state index in [1.54, 1.807) is 18.4 Å². The second-order valence-corrected chi connectivity index (χ2v) is 5.63. The molecule has 0 saturated carbocycles. The molecule has 0 aliphatic rings. The van der Waals surface area contributed by atoms with Crippen LogP contribution in [0.3, 0.4) is 0 Å². The quantitative estimate of drug-likeness (QED) is 0.628. The van der Waals surface area contributed by atoms with Gasteiger partial charge in [0.25, 0.3) is 11.1 Å². The second-order valence-electron chi connectivity index (χ2n) is 4.71. The van der Waals surface area contributed by atoms with E-state index < -0.39 is 0 Å². The number of hydrogen-bond acceptors (Lipinski definition) is 7. The average Bonchev–Trinajstić information content (AvgIpc) is 3.29. The Labute approximate surface area is 142 Å². The zero-order valence-electron chi connectivity index (χ0n) is 12.7. The van der Waals surface area contributed by atoms with Crippen LogP contribution in [0.1, 0.15) is 11.7 Å². The minimum absolute atomic E-state index is 0.142. The first kappa shape index (κ1) is 16.1. The van der Waals surface area contributed by atoms with Gasteiger partial charge in [-0.05, 0) is 24.3 Å². The molecule has 0 aliphatic heterocycles. The van der Waals surface area contributed by atoms with Crippen LogP contribution in [0.5, 0.6) is 5.75 Å². The van der Waals surface area contributed by atoms with E-state index >= 15 is 0 Å². The lowest BCUT2D eigenvalue weighted by atomic mass is 10.3. The fourth-order valence-electron chi connectivity index (χ4n) is 1.79. The van der Waals surface area contributed by atoms with Gasteiger partial charge in [-0.3, -0.25) is 4.79 Å². The van der Waals surface area contributed by atoms with Crippen molar-refractivity contribution in [1.82, 2.24) is 15.5 Å². The zero-order chi connectivity index (χ0) is 16.6. The number of aromatic nitrogens is 2. The summed E-state index contributed by atoms with van der Waals surface area (Å²) in [5.74, 6) is 1.82. The van der Waals surface area contributed by atoms with Gasteiger partial charge in [-0.25, -0.2) is 0 Å². The van der Waals surface area contributed by atoms with Gasteiger partial charge in [0.05, 0.1) is 18.6 Å². The maximum atomic E-state index is 11.7. The number of furan rings is 1. The highest BCUT2D eigenvalue weighted by molar-refractivity contribution is 7.99. The van der Waals surface area contributed by atoms with Gasteiger partial charge in [0, 0.05) is 0 Å². The van der Waals surface area contributed by atoms with Crippen molar-refractivity contribution in [3.05, 3.63) is 60.4 Å². The standard InChI is InChI=1S/C16H15N3O4S/c20-14(17-9-13-7-4-8-21-13)11-24-16-19-18-15(23-16)10-22-12-5-2-1-3-6-12/h1-8H,9-11H2,(H,17,20). The van der Waals surface area contributed by atoms with Crippen LogP contribution in [-0.2, 0) is 17.9 Å². The Hall–Kier alpha value is -2.74. The minimum atomic E-state index is -0.142. The maximum absolute atomic E-state index is 11.7. The largest absolute Gasteiger partial charge is 0.484 e. The van der Waals surface area contributed by atoms with Gasteiger partial charge < -0.3 is 18.9 Å². The summed E-state index contributed by atoms with van der Waals surface area (Å²) in [5, 5.41) is 10.8. The van der Waals surface area contributed by atoms with E-state index in [1.807, 2.05) is 30.3 Å². The molecule has 1 amide bonds. The van der Waals surface area contributed by atoms with E-state index in [4.69, 9.17) is 13.6 Å². The Morgan fingerprint density at radius 3 is 2.83 bits per heavy atom. The maximum Gasteiger partial charge on any atom is 0.277 e. The number of nitrogens with zero attached hydrogens (tertiary/aromatic N) is 2. The molecule has 2 aromatic heterocycles. The molecule has 24 heavy (non-hydrogen) atoms. The zero-order valence-corrected chi connectivity index (χ0v) is 13.5.